The van der Waals surface area contributed by atoms with Gasteiger partial charge in [0.2, 0.25) is 0 Å². The van der Waals surface area contributed by atoms with E-state index in [0.717, 1.165) is 18.9 Å². The molecule has 0 spiro atoms. The smallest absolute Gasteiger partial charge is 0.313 e. The van der Waals surface area contributed by atoms with Gasteiger partial charge in [0.1, 0.15) is 0 Å². The molecule has 1 fully saturated rings. The first kappa shape index (κ1) is 14.4. The van der Waals surface area contributed by atoms with E-state index in [0.29, 0.717) is 19.0 Å². The summed E-state index contributed by atoms with van der Waals surface area (Å²) in [5.74, 6) is -3.35. The minimum atomic E-state index is -1.17. The second-order valence-electron chi connectivity index (χ2n) is 5.03. The molecule has 1 N–H and O–H groups in total. The van der Waals surface area contributed by atoms with Gasteiger partial charge in [-0.15, -0.1) is 0 Å². The van der Waals surface area contributed by atoms with Crippen molar-refractivity contribution in [1.82, 2.24) is 4.90 Å². The topological polar surface area (TPSA) is 49.4 Å². The minimum absolute atomic E-state index is 0.325. The number of hydrogen-bond acceptors (Lipinski definition) is 2. The van der Waals surface area contributed by atoms with Crippen molar-refractivity contribution in [3.63, 3.8) is 0 Å². The molecular formula is C14H16F2N2O2. The molecule has 0 unspecified atom stereocenters. The Morgan fingerprint density at radius 1 is 1.25 bits per heavy atom. The largest absolute Gasteiger partial charge is 0.334 e. The number of halogens is 2. The maximum Gasteiger partial charge on any atom is 0.313 e. The second kappa shape index (κ2) is 5.98. The van der Waals surface area contributed by atoms with Crippen molar-refractivity contribution in [2.24, 2.45) is 5.92 Å². The van der Waals surface area contributed by atoms with Gasteiger partial charge in [-0.1, -0.05) is 13.0 Å². The van der Waals surface area contributed by atoms with Crippen LogP contribution in [0.1, 0.15) is 19.8 Å². The molecule has 4 nitrogen and oxygen atoms in total. The Bertz CT molecular complexity index is 526. The van der Waals surface area contributed by atoms with Crippen molar-refractivity contribution >= 4 is 17.5 Å². The lowest BCUT2D eigenvalue weighted by Crippen LogP contribution is -2.44. The van der Waals surface area contributed by atoms with Gasteiger partial charge < -0.3 is 10.2 Å². The highest BCUT2D eigenvalue weighted by atomic mass is 19.2. The van der Waals surface area contributed by atoms with Crippen LogP contribution >= 0.6 is 0 Å². The van der Waals surface area contributed by atoms with E-state index < -0.39 is 23.4 Å². The fourth-order valence-electron chi connectivity index (χ4n) is 2.13. The number of piperidine rings is 1. The zero-order valence-electron chi connectivity index (χ0n) is 11.2. The van der Waals surface area contributed by atoms with E-state index in [4.69, 9.17) is 0 Å². The number of hydrogen-bond donors (Lipinski definition) is 1. The molecule has 1 aromatic carbocycles. The molecule has 0 radical (unpaired) electrons. The van der Waals surface area contributed by atoms with Gasteiger partial charge >= 0.3 is 11.8 Å². The van der Waals surface area contributed by atoms with E-state index in [-0.39, 0.29) is 5.69 Å². The fourth-order valence-corrected chi connectivity index (χ4v) is 2.13. The summed E-state index contributed by atoms with van der Waals surface area (Å²) in [5.41, 5.74) is -0.325. The number of anilines is 1. The molecule has 1 aliphatic heterocycles. The third kappa shape index (κ3) is 3.12. The van der Waals surface area contributed by atoms with Crippen LogP contribution in [0.2, 0.25) is 0 Å². The fraction of sp³-hybridized carbons (Fsp3) is 0.429. The summed E-state index contributed by atoms with van der Waals surface area (Å²) in [6.45, 7) is 3.11. The lowest BCUT2D eigenvalue weighted by Gasteiger charge is -2.29. The minimum Gasteiger partial charge on any atom is -0.334 e. The highest BCUT2D eigenvalue weighted by Crippen LogP contribution is 2.18. The van der Waals surface area contributed by atoms with Crippen LogP contribution < -0.4 is 5.32 Å². The van der Waals surface area contributed by atoms with Gasteiger partial charge in [-0.2, -0.15) is 0 Å². The molecule has 2 amide bonds. The Balaban J connectivity index is 2.01. The number of nitrogens with one attached hydrogen (secondary N) is 1. The van der Waals surface area contributed by atoms with Gasteiger partial charge in [0.25, 0.3) is 0 Å². The Kier molecular flexibility index (Phi) is 4.32. The predicted molar refractivity (Wildman–Crippen MR) is 70.0 cm³/mol. The molecule has 1 aromatic rings. The van der Waals surface area contributed by atoms with E-state index in [2.05, 4.69) is 12.2 Å². The molecule has 6 heteroatoms. The zero-order valence-corrected chi connectivity index (χ0v) is 11.2. The molecule has 0 aliphatic carbocycles. The molecule has 0 atom stereocenters. The maximum absolute atomic E-state index is 13.4. The molecule has 0 bridgehead atoms. The highest BCUT2D eigenvalue weighted by Gasteiger charge is 2.26. The van der Waals surface area contributed by atoms with E-state index in [9.17, 15) is 18.4 Å². The van der Waals surface area contributed by atoms with Crippen LogP contribution in [-0.4, -0.2) is 29.8 Å². The summed E-state index contributed by atoms with van der Waals surface area (Å²) in [5, 5.41) is 2.11. The van der Waals surface area contributed by atoms with E-state index in [1.165, 1.54) is 17.0 Å². The normalized spacial score (nSPS) is 16.1. The highest BCUT2D eigenvalue weighted by molar-refractivity contribution is 6.39. The van der Waals surface area contributed by atoms with E-state index in [1.54, 1.807) is 0 Å². The Hall–Kier alpha value is -1.98. The molecular weight excluding hydrogens is 266 g/mol. The predicted octanol–water partition coefficient (Wildman–Crippen LogP) is 2.16. The summed E-state index contributed by atoms with van der Waals surface area (Å²) in [7, 11) is 0. The number of rotatable bonds is 1. The number of carbonyl (C=O) groups is 2. The molecule has 0 saturated carbocycles. The SMILES string of the molecule is CC1CCN(C(=O)C(=O)Nc2cccc(F)c2F)CC1. The average molecular weight is 282 g/mol. The molecule has 2 rings (SSSR count). The van der Waals surface area contributed by atoms with Gasteiger partial charge in [-0.3, -0.25) is 9.59 Å². The second-order valence-corrected chi connectivity index (χ2v) is 5.03. The van der Waals surface area contributed by atoms with Crippen LogP contribution in [0, 0.1) is 17.6 Å². The molecule has 0 aromatic heterocycles. The molecule has 1 saturated heterocycles. The quantitative estimate of drug-likeness (QED) is 0.802. The van der Waals surface area contributed by atoms with Gasteiger partial charge in [0.05, 0.1) is 5.69 Å². The third-order valence-corrected chi connectivity index (χ3v) is 3.46. The number of carbonyl (C=O) groups excluding carboxylic acids is 2. The summed E-state index contributed by atoms with van der Waals surface area (Å²) in [6.07, 6.45) is 1.68. The van der Waals surface area contributed by atoms with Crippen LogP contribution in [0.4, 0.5) is 14.5 Å². The third-order valence-electron chi connectivity index (χ3n) is 3.46. The molecule has 108 valence electrons. The van der Waals surface area contributed by atoms with Crippen molar-refractivity contribution in [3.8, 4) is 0 Å². The summed E-state index contributed by atoms with van der Waals surface area (Å²) < 4.78 is 26.4. The maximum atomic E-state index is 13.4. The monoisotopic (exact) mass is 282 g/mol. The lowest BCUT2D eigenvalue weighted by atomic mass is 9.99. The van der Waals surface area contributed by atoms with Crippen molar-refractivity contribution in [3.05, 3.63) is 29.8 Å². The summed E-state index contributed by atoms with van der Waals surface area (Å²) >= 11 is 0. The summed E-state index contributed by atoms with van der Waals surface area (Å²) in [4.78, 5) is 25.1. The van der Waals surface area contributed by atoms with E-state index in [1.807, 2.05) is 0 Å². The van der Waals surface area contributed by atoms with Gasteiger partial charge in [0.15, 0.2) is 11.6 Å². The van der Waals surface area contributed by atoms with Crippen LogP contribution in [0.3, 0.4) is 0 Å². The molecule has 1 aliphatic rings. The summed E-state index contributed by atoms with van der Waals surface area (Å²) in [6, 6.07) is 3.42. The average Bonchev–Trinajstić information content (AvgIpc) is 2.44. The Labute approximate surface area is 115 Å². The van der Waals surface area contributed by atoms with Gasteiger partial charge in [0, 0.05) is 13.1 Å². The Morgan fingerprint density at radius 3 is 2.55 bits per heavy atom. The van der Waals surface area contributed by atoms with Crippen LogP contribution in [0.5, 0.6) is 0 Å². The Morgan fingerprint density at radius 2 is 1.90 bits per heavy atom. The first-order valence-electron chi connectivity index (χ1n) is 6.53. The van der Waals surface area contributed by atoms with Crippen molar-refractivity contribution < 1.29 is 18.4 Å². The van der Waals surface area contributed by atoms with Crippen molar-refractivity contribution in [2.45, 2.75) is 19.8 Å². The number of likely N-dealkylation sites (tertiary alicyclic amines) is 1. The first-order valence-corrected chi connectivity index (χ1v) is 6.53. The first-order chi connectivity index (χ1) is 9.49. The van der Waals surface area contributed by atoms with Crippen LogP contribution in [0.25, 0.3) is 0 Å². The molecule has 20 heavy (non-hydrogen) atoms. The van der Waals surface area contributed by atoms with Crippen LogP contribution in [-0.2, 0) is 9.59 Å². The lowest BCUT2D eigenvalue weighted by molar-refractivity contribution is -0.144. The number of benzene rings is 1. The van der Waals surface area contributed by atoms with Gasteiger partial charge in [-0.25, -0.2) is 8.78 Å². The van der Waals surface area contributed by atoms with Crippen molar-refractivity contribution in [1.29, 1.82) is 0 Å². The van der Waals surface area contributed by atoms with Crippen molar-refractivity contribution in [2.75, 3.05) is 18.4 Å². The standard InChI is InChI=1S/C14H16F2N2O2/c1-9-5-7-18(8-6-9)14(20)13(19)17-11-4-2-3-10(15)12(11)16/h2-4,9H,5-8H2,1H3,(H,17,19). The van der Waals surface area contributed by atoms with Gasteiger partial charge in [-0.05, 0) is 30.9 Å². The zero-order chi connectivity index (χ0) is 14.7. The number of nitrogens with zero attached hydrogens (tertiary/aromatic N) is 1. The number of amides is 2. The van der Waals surface area contributed by atoms with E-state index >= 15 is 0 Å². The molecule has 1 heterocycles. The van der Waals surface area contributed by atoms with Crippen LogP contribution in [0.15, 0.2) is 18.2 Å².